The molecule has 1 fully saturated rings. The van der Waals surface area contributed by atoms with E-state index in [2.05, 4.69) is 49.7 Å². The van der Waals surface area contributed by atoms with Crippen LogP contribution in [-0.2, 0) is 6.54 Å². The molecule has 1 saturated heterocycles. The number of aromatic amines is 1. The fourth-order valence-electron chi connectivity index (χ4n) is 4.66. The van der Waals surface area contributed by atoms with Crippen LogP contribution in [0, 0.1) is 6.92 Å². The van der Waals surface area contributed by atoms with E-state index in [1.807, 2.05) is 41.9 Å². The minimum absolute atomic E-state index is 0.0772. The Kier molecular flexibility index (Phi) is 5.81. The fourth-order valence-corrected chi connectivity index (χ4v) is 4.66. The maximum atomic E-state index is 13.3. The first-order valence-corrected chi connectivity index (χ1v) is 11.4. The molecule has 0 spiro atoms. The molecule has 7 heteroatoms. The number of pyridine rings is 1. The highest BCUT2D eigenvalue weighted by molar-refractivity contribution is 5.79. The number of tetrazole rings is 1. The van der Waals surface area contributed by atoms with Crippen molar-refractivity contribution in [3.05, 3.63) is 87.5 Å². The highest BCUT2D eigenvalue weighted by Crippen LogP contribution is 2.29. The van der Waals surface area contributed by atoms with Gasteiger partial charge in [-0.1, -0.05) is 55.3 Å². The Morgan fingerprint density at radius 2 is 1.78 bits per heavy atom. The Morgan fingerprint density at radius 1 is 1.00 bits per heavy atom. The summed E-state index contributed by atoms with van der Waals surface area (Å²) in [5, 5.41) is 13.8. The third kappa shape index (κ3) is 4.21. The van der Waals surface area contributed by atoms with Crippen LogP contribution in [0.2, 0.25) is 0 Å². The van der Waals surface area contributed by atoms with Crippen LogP contribution in [0.25, 0.3) is 10.9 Å². The third-order valence-electron chi connectivity index (χ3n) is 6.31. The van der Waals surface area contributed by atoms with E-state index in [1.165, 1.54) is 12.8 Å². The molecule has 5 rings (SSSR count). The van der Waals surface area contributed by atoms with Crippen LogP contribution in [0.4, 0.5) is 0 Å². The molecule has 0 bridgehead atoms. The molecule has 1 N–H and O–H groups in total. The second-order valence-corrected chi connectivity index (χ2v) is 8.68. The maximum Gasteiger partial charge on any atom is 0.253 e. The van der Waals surface area contributed by atoms with Crippen molar-refractivity contribution < 1.29 is 0 Å². The molecule has 2 aromatic carbocycles. The topological polar surface area (TPSA) is 79.7 Å². The lowest BCUT2D eigenvalue weighted by molar-refractivity contribution is 0.220. The number of aryl methyl sites for hydroxylation is 1. The van der Waals surface area contributed by atoms with E-state index < -0.39 is 0 Å². The minimum atomic E-state index is -0.290. The molecule has 0 radical (unpaired) electrons. The largest absolute Gasteiger partial charge is 0.322 e. The Labute approximate surface area is 187 Å². The molecule has 3 heterocycles. The summed E-state index contributed by atoms with van der Waals surface area (Å²) in [6, 6.07) is 18.0. The zero-order chi connectivity index (χ0) is 21.9. The summed E-state index contributed by atoms with van der Waals surface area (Å²) >= 11 is 0. The van der Waals surface area contributed by atoms with E-state index >= 15 is 0 Å². The zero-order valence-corrected chi connectivity index (χ0v) is 18.4. The summed E-state index contributed by atoms with van der Waals surface area (Å²) in [5.74, 6) is 0.715. The molecule has 1 aliphatic heterocycles. The van der Waals surface area contributed by atoms with E-state index in [1.54, 1.807) is 0 Å². The Morgan fingerprint density at radius 3 is 2.56 bits per heavy atom. The van der Waals surface area contributed by atoms with Gasteiger partial charge in [0.1, 0.15) is 6.04 Å². The summed E-state index contributed by atoms with van der Waals surface area (Å²) in [6.45, 7) is 4.45. The number of hydrogen-bond acceptors (Lipinski definition) is 5. The molecule has 1 aliphatic rings. The van der Waals surface area contributed by atoms with Gasteiger partial charge in [-0.25, -0.2) is 4.68 Å². The molecule has 0 amide bonds. The second-order valence-electron chi connectivity index (χ2n) is 8.68. The van der Waals surface area contributed by atoms with E-state index in [0.717, 1.165) is 48.0 Å². The number of benzene rings is 2. The number of H-pyrrole nitrogens is 1. The van der Waals surface area contributed by atoms with Crippen LogP contribution < -0.4 is 5.56 Å². The highest BCUT2D eigenvalue weighted by Gasteiger charge is 2.30. The van der Waals surface area contributed by atoms with Crippen LogP contribution in [0.1, 0.15) is 54.2 Å². The Hall–Kier alpha value is -3.32. The molecule has 7 nitrogen and oxygen atoms in total. The lowest BCUT2D eigenvalue weighted by Crippen LogP contribution is -2.36. The van der Waals surface area contributed by atoms with Gasteiger partial charge >= 0.3 is 0 Å². The summed E-state index contributed by atoms with van der Waals surface area (Å²) in [4.78, 5) is 18.8. The number of aromatic nitrogens is 5. The molecule has 32 heavy (non-hydrogen) atoms. The van der Waals surface area contributed by atoms with Gasteiger partial charge in [-0.3, -0.25) is 9.69 Å². The normalized spacial score (nSPS) is 16.2. The Bertz CT molecular complexity index is 1250. The molecule has 0 aliphatic carbocycles. The van der Waals surface area contributed by atoms with Crippen LogP contribution >= 0.6 is 0 Å². The van der Waals surface area contributed by atoms with Gasteiger partial charge in [0.2, 0.25) is 0 Å². The summed E-state index contributed by atoms with van der Waals surface area (Å²) < 4.78 is 1.84. The van der Waals surface area contributed by atoms with Gasteiger partial charge in [0.05, 0.1) is 6.54 Å². The number of fused-ring (bicyclic) bond motifs is 1. The fraction of sp³-hybridized carbons (Fsp3) is 0.360. The molecule has 0 saturated carbocycles. The van der Waals surface area contributed by atoms with Crippen molar-refractivity contribution in [2.24, 2.45) is 0 Å². The number of rotatable bonds is 5. The number of likely N-dealkylation sites (tertiary alicyclic amines) is 1. The molecule has 2 aromatic heterocycles. The first-order chi connectivity index (χ1) is 15.7. The SMILES string of the molecule is Cc1ccc2cc(C(c3nnnn3Cc3ccccc3)N3CCCCCC3)c(=O)[nH]c2c1. The van der Waals surface area contributed by atoms with Crippen molar-refractivity contribution in [1.82, 2.24) is 30.1 Å². The summed E-state index contributed by atoms with van der Waals surface area (Å²) in [6.07, 6.45) is 4.65. The molecule has 1 atom stereocenters. The van der Waals surface area contributed by atoms with Crippen LogP contribution in [0.5, 0.6) is 0 Å². The van der Waals surface area contributed by atoms with Gasteiger partial charge in [-0.2, -0.15) is 0 Å². The average Bonchev–Trinajstić information content (AvgIpc) is 3.07. The van der Waals surface area contributed by atoms with Crippen LogP contribution in [-0.4, -0.2) is 43.2 Å². The van der Waals surface area contributed by atoms with Crippen molar-refractivity contribution in [2.75, 3.05) is 13.1 Å². The van der Waals surface area contributed by atoms with Crippen molar-refractivity contribution >= 4 is 10.9 Å². The lowest BCUT2D eigenvalue weighted by atomic mass is 10.0. The first kappa shape index (κ1) is 20.6. The third-order valence-corrected chi connectivity index (χ3v) is 6.31. The summed E-state index contributed by atoms with van der Waals surface area (Å²) in [5.41, 5.74) is 3.73. The van der Waals surface area contributed by atoms with Gasteiger partial charge in [0, 0.05) is 11.1 Å². The Balaban J connectivity index is 1.62. The molecule has 4 aromatic rings. The van der Waals surface area contributed by atoms with Gasteiger partial charge in [0.25, 0.3) is 5.56 Å². The van der Waals surface area contributed by atoms with Crippen molar-refractivity contribution in [3.63, 3.8) is 0 Å². The smallest absolute Gasteiger partial charge is 0.253 e. The zero-order valence-electron chi connectivity index (χ0n) is 18.4. The number of nitrogens with one attached hydrogen (secondary N) is 1. The van der Waals surface area contributed by atoms with E-state index in [-0.39, 0.29) is 11.6 Å². The van der Waals surface area contributed by atoms with Crippen molar-refractivity contribution in [2.45, 2.75) is 45.2 Å². The van der Waals surface area contributed by atoms with Gasteiger partial charge < -0.3 is 4.98 Å². The second kappa shape index (κ2) is 9.04. The van der Waals surface area contributed by atoms with E-state index in [4.69, 9.17) is 0 Å². The monoisotopic (exact) mass is 428 g/mol. The molecular weight excluding hydrogens is 400 g/mol. The van der Waals surface area contributed by atoms with Crippen LogP contribution in [0.15, 0.2) is 59.4 Å². The predicted octanol–water partition coefficient (Wildman–Crippen LogP) is 3.84. The molecular formula is C25H28N6O. The van der Waals surface area contributed by atoms with Gasteiger partial charge in [-0.05, 0) is 71.9 Å². The van der Waals surface area contributed by atoms with Crippen LogP contribution in [0.3, 0.4) is 0 Å². The first-order valence-electron chi connectivity index (χ1n) is 11.4. The predicted molar refractivity (Wildman–Crippen MR) is 125 cm³/mol. The minimum Gasteiger partial charge on any atom is -0.322 e. The van der Waals surface area contributed by atoms with Crippen molar-refractivity contribution in [1.29, 1.82) is 0 Å². The summed E-state index contributed by atoms with van der Waals surface area (Å²) in [7, 11) is 0. The lowest BCUT2D eigenvalue weighted by Gasteiger charge is -2.29. The number of nitrogens with zero attached hydrogens (tertiary/aromatic N) is 5. The van der Waals surface area contributed by atoms with Crippen molar-refractivity contribution in [3.8, 4) is 0 Å². The average molecular weight is 429 g/mol. The van der Waals surface area contributed by atoms with E-state index in [0.29, 0.717) is 17.9 Å². The van der Waals surface area contributed by atoms with E-state index in [9.17, 15) is 4.79 Å². The number of hydrogen-bond donors (Lipinski definition) is 1. The molecule has 164 valence electrons. The van der Waals surface area contributed by atoms with Gasteiger partial charge in [0.15, 0.2) is 5.82 Å². The highest BCUT2D eigenvalue weighted by atomic mass is 16.1. The quantitative estimate of drug-likeness (QED) is 0.522. The maximum absolute atomic E-state index is 13.3. The molecule has 1 unspecified atom stereocenters. The standard InChI is InChI=1S/C25H28N6O/c1-18-11-12-20-16-21(25(32)26-22(20)15-18)23(30-13-7-2-3-8-14-30)24-27-28-29-31(24)17-19-9-5-4-6-10-19/h4-6,9-12,15-16,23H,2-3,7-8,13-14,17H2,1H3,(H,26,32). The van der Waals surface area contributed by atoms with Gasteiger partial charge in [-0.15, -0.1) is 5.10 Å².